The molecule has 5 heteroatoms. The molecular weight excluding hydrogens is 381 g/mol. The predicted molar refractivity (Wildman–Crippen MR) is 114 cm³/mol. The zero-order valence-electron chi connectivity index (χ0n) is 16.9. The summed E-state index contributed by atoms with van der Waals surface area (Å²) in [4.78, 5) is 24.3. The molecule has 0 radical (unpaired) electrons. The molecule has 30 heavy (non-hydrogen) atoms. The van der Waals surface area contributed by atoms with Crippen LogP contribution in [0.25, 0.3) is 11.1 Å². The van der Waals surface area contributed by atoms with Gasteiger partial charge in [-0.05, 0) is 46.9 Å². The number of rotatable bonds is 8. The molecule has 0 fully saturated rings. The number of esters is 1. The maximum Gasteiger partial charge on any atom is 0.307 e. The van der Waals surface area contributed by atoms with Gasteiger partial charge in [-0.2, -0.15) is 0 Å². The molecule has 0 heterocycles. The van der Waals surface area contributed by atoms with Gasteiger partial charge in [0.1, 0.15) is 12.4 Å². The third-order valence-corrected chi connectivity index (χ3v) is 4.73. The molecule has 1 N–H and O–H groups in total. The number of amides is 1. The normalized spacial score (nSPS) is 10.5. The Balaban J connectivity index is 1.58. The molecule has 0 saturated carbocycles. The Hall–Kier alpha value is -3.47. The Bertz CT molecular complexity index is 1020. The topological polar surface area (TPSA) is 55.4 Å². The average molecular weight is 405 g/mol. The second-order valence-electron chi connectivity index (χ2n) is 6.89. The third-order valence-electron chi connectivity index (χ3n) is 4.73. The van der Waals surface area contributed by atoms with E-state index in [4.69, 9.17) is 4.74 Å². The van der Waals surface area contributed by atoms with E-state index in [-0.39, 0.29) is 25.1 Å². The fourth-order valence-electron chi connectivity index (χ4n) is 3.18. The Morgan fingerprint density at radius 1 is 0.967 bits per heavy atom. The van der Waals surface area contributed by atoms with E-state index >= 15 is 0 Å². The van der Waals surface area contributed by atoms with Crippen molar-refractivity contribution >= 4 is 11.9 Å². The number of hydrogen-bond acceptors (Lipinski definition) is 3. The van der Waals surface area contributed by atoms with Crippen LogP contribution in [-0.4, -0.2) is 18.4 Å². The summed E-state index contributed by atoms with van der Waals surface area (Å²) in [5, 5.41) is 2.66. The van der Waals surface area contributed by atoms with Crippen molar-refractivity contribution < 1.29 is 18.7 Å². The molecule has 0 unspecified atom stereocenters. The molecule has 3 rings (SSSR count). The number of nitrogens with one attached hydrogen (secondary N) is 1. The van der Waals surface area contributed by atoms with Gasteiger partial charge in [0, 0.05) is 12.1 Å². The number of aryl methyl sites for hydroxylation is 1. The number of hydrogen-bond donors (Lipinski definition) is 1. The Labute approximate surface area is 175 Å². The molecule has 0 spiro atoms. The summed E-state index contributed by atoms with van der Waals surface area (Å²) in [6, 6.07) is 21.4. The number of carbonyl (C=O) groups is 2. The second kappa shape index (κ2) is 10.3. The Morgan fingerprint density at radius 2 is 1.70 bits per heavy atom. The summed E-state index contributed by atoms with van der Waals surface area (Å²) in [7, 11) is 0. The zero-order chi connectivity index (χ0) is 21.3. The minimum Gasteiger partial charge on any atom is -0.461 e. The van der Waals surface area contributed by atoms with Gasteiger partial charge in [0.05, 0.1) is 6.42 Å². The van der Waals surface area contributed by atoms with Crippen molar-refractivity contribution in [3.8, 4) is 11.1 Å². The molecule has 3 aromatic rings. The molecule has 0 saturated heterocycles. The minimum absolute atomic E-state index is 0.0411. The Morgan fingerprint density at radius 3 is 2.47 bits per heavy atom. The number of benzene rings is 3. The predicted octanol–water partition coefficient (Wildman–Crippen LogP) is 4.92. The first-order valence-electron chi connectivity index (χ1n) is 9.93. The lowest BCUT2D eigenvalue weighted by atomic mass is 9.96. The number of carbonyl (C=O) groups excluding carboxylic acids is 2. The van der Waals surface area contributed by atoms with Crippen molar-refractivity contribution in [2.45, 2.75) is 26.4 Å². The van der Waals surface area contributed by atoms with Crippen molar-refractivity contribution in [1.82, 2.24) is 5.32 Å². The highest BCUT2D eigenvalue weighted by atomic mass is 19.1. The van der Waals surface area contributed by atoms with Gasteiger partial charge in [-0.1, -0.05) is 61.5 Å². The molecule has 1 amide bonds. The average Bonchev–Trinajstić information content (AvgIpc) is 2.77. The van der Waals surface area contributed by atoms with Crippen LogP contribution < -0.4 is 5.32 Å². The first kappa shape index (κ1) is 21.2. The SMILES string of the molecule is CCc1ccccc1-c1cc(F)cc(C(=O)NCCC(=O)OCc2ccccc2)c1. The molecule has 4 nitrogen and oxygen atoms in total. The molecule has 0 bridgehead atoms. The molecule has 0 aliphatic carbocycles. The van der Waals surface area contributed by atoms with Crippen LogP contribution in [-0.2, 0) is 22.6 Å². The summed E-state index contributed by atoms with van der Waals surface area (Å²) in [5.41, 5.74) is 3.75. The maximum absolute atomic E-state index is 14.2. The Kier molecular flexibility index (Phi) is 7.33. The summed E-state index contributed by atoms with van der Waals surface area (Å²) in [6.07, 6.45) is 0.846. The van der Waals surface area contributed by atoms with E-state index in [1.807, 2.05) is 61.5 Å². The van der Waals surface area contributed by atoms with E-state index in [9.17, 15) is 14.0 Å². The van der Waals surface area contributed by atoms with Crippen LogP contribution in [0.3, 0.4) is 0 Å². The van der Waals surface area contributed by atoms with Crippen molar-refractivity contribution in [1.29, 1.82) is 0 Å². The van der Waals surface area contributed by atoms with Crippen LogP contribution in [0.4, 0.5) is 4.39 Å². The molecule has 154 valence electrons. The van der Waals surface area contributed by atoms with Crippen LogP contribution in [0.5, 0.6) is 0 Å². The van der Waals surface area contributed by atoms with Gasteiger partial charge in [0.25, 0.3) is 5.91 Å². The lowest BCUT2D eigenvalue weighted by Gasteiger charge is -2.11. The fraction of sp³-hybridized carbons (Fsp3) is 0.200. The smallest absolute Gasteiger partial charge is 0.307 e. The summed E-state index contributed by atoms with van der Waals surface area (Å²) < 4.78 is 19.4. The van der Waals surface area contributed by atoms with E-state index in [0.717, 1.165) is 23.1 Å². The van der Waals surface area contributed by atoms with Gasteiger partial charge in [0.15, 0.2) is 0 Å². The lowest BCUT2D eigenvalue weighted by molar-refractivity contribution is -0.144. The van der Waals surface area contributed by atoms with Crippen molar-refractivity contribution in [3.05, 3.63) is 95.3 Å². The minimum atomic E-state index is -0.481. The summed E-state index contributed by atoms with van der Waals surface area (Å²) >= 11 is 0. The molecule has 0 aromatic heterocycles. The standard InChI is InChI=1S/C25H24FNO3/c1-2-19-10-6-7-11-23(19)20-14-21(16-22(26)15-20)25(29)27-13-12-24(28)30-17-18-8-4-3-5-9-18/h3-11,14-16H,2,12-13,17H2,1H3,(H,27,29). The molecule has 3 aromatic carbocycles. The third kappa shape index (κ3) is 5.77. The van der Waals surface area contributed by atoms with E-state index in [0.29, 0.717) is 5.56 Å². The monoisotopic (exact) mass is 405 g/mol. The second-order valence-corrected chi connectivity index (χ2v) is 6.89. The van der Waals surface area contributed by atoms with Gasteiger partial charge >= 0.3 is 5.97 Å². The largest absolute Gasteiger partial charge is 0.461 e. The van der Waals surface area contributed by atoms with Gasteiger partial charge in [-0.15, -0.1) is 0 Å². The van der Waals surface area contributed by atoms with E-state index in [1.165, 1.54) is 12.1 Å². The van der Waals surface area contributed by atoms with E-state index in [2.05, 4.69) is 5.32 Å². The summed E-state index contributed by atoms with van der Waals surface area (Å²) in [6.45, 7) is 2.34. The van der Waals surface area contributed by atoms with Crippen LogP contribution in [0.15, 0.2) is 72.8 Å². The molecule has 0 aliphatic rings. The van der Waals surface area contributed by atoms with Gasteiger partial charge in [-0.3, -0.25) is 9.59 Å². The van der Waals surface area contributed by atoms with E-state index in [1.54, 1.807) is 6.07 Å². The first-order chi connectivity index (χ1) is 14.6. The van der Waals surface area contributed by atoms with Gasteiger partial charge in [0.2, 0.25) is 0 Å². The first-order valence-corrected chi connectivity index (χ1v) is 9.93. The number of ether oxygens (including phenoxy) is 1. The van der Waals surface area contributed by atoms with Crippen molar-refractivity contribution in [2.24, 2.45) is 0 Å². The maximum atomic E-state index is 14.2. The quantitative estimate of drug-likeness (QED) is 0.541. The van der Waals surface area contributed by atoms with Gasteiger partial charge < -0.3 is 10.1 Å². The summed E-state index contributed by atoms with van der Waals surface area (Å²) in [5.74, 6) is -1.32. The van der Waals surface area contributed by atoms with Gasteiger partial charge in [-0.25, -0.2) is 4.39 Å². The van der Waals surface area contributed by atoms with Crippen LogP contribution in [0.2, 0.25) is 0 Å². The van der Waals surface area contributed by atoms with Crippen LogP contribution in [0.1, 0.15) is 34.8 Å². The van der Waals surface area contributed by atoms with Crippen LogP contribution >= 0.6 is 0 Å². The highest BCUT2D eigenvalue weighted by Gasteiger charge is 2.12. The fourth-order valence-corrected chi connectivity index (χ4v) is 3.18. The molecule has 0 aliphatic heterocycles. The molecular formula is C25H24FNO3. The highest BCUT2D eigenvalue weighted by Crippen LogP contribution is 2.26. The molecule has 0 atom stereocenters. The van der Waals surface area contributed by atoms with Crippen molar-refractivity contribution in [3.63, 3.8) is 0 Å². The highest BCUT2D eigenvalue weighted by molar-refractivity contribution is 5.95. The van der Waals surface area contributed by atoms with Crippen molar-refractivity contribution in [2.75, 3.05) is 6.54 Å². The lowest BCUT2D eigenvalue weighted by Crippen LogP contribution is -2.26. The van der Waals surface area contributed by atoms with Crippen LogP contribution in [0, 0.1) is 5.82 Å². The number of halogens is 1. The van der Waals surface area contributed by atoms with E-state index < -0.39 is 17.7 Å². The zero-order valence-corrected chi connectivity index (χ0v) is 16.9.